The highest BCUT2D eigenvalue weighted by molar-refractivity contribution is 7.89. The Morgan fingerprint density at radius 3 is 2.31 bits per heavy atom. The zero-order valence-corrected chi connectivity index (χ0v) is 18.6. The highest BCUT2D eigenvalue weighted by Crippen LogP contribution is 2.27. The van der Waals surface area contributed by atoms with E-state index >= 15 is 0 Å². The molecule has 1 amide bonds. The van der Waals surface area contributed by atoms with E-state index < -0.39 is 10.0 Å². The fourth-order valence-electron chi connectivity index (χ4n) is 3.23. The lowest BCUT2D eigenvalue weighted by molar-refractivity contribution is -0.121. The van der Waals surface area contributed by atoms with Crippen LogP contribution in [0.4, 0.5) is 5.69 Å². The largest absolute Gasteiger partial charge is 0.324 e. The molecule has 1 saturated heterocycles. The van der Waals surface area contributed by atoms with E-state index in [1.165, 1.54) is 22.5 Å². The van der Waals surface area contributed by atoms with E-state index in [0.717, 1.165) is 11.3 Å². The molecule has 1 atom stereocenters. The van der Waals surface area contributed by atoms with Crippen molar-refractivity contribution in [3.05, 3.63) is 58.1 Å². The molecule has 0 saturated carbocycles. The molecular weight excluding hydrogens is 433 g/mol. The molecule has 29 heavy (non-hydrogen) atoms. The van der Waals surface area contributed by atoms with Gasteiger partial charge in [0.25, 0.3) is 0 Å². The van der Waals surface area contributed by atoms with E-state index in [0.29, 0.717) is 31.2 Å². The first kappa shape index (κ1) is 22.1. The summed E-state index contributed by atoms with van der Waals surface area (Å²) < 4.78 is 27.1. The average Bonchev–Trinajstić information content (AvgIpc) is 2.71. The average molecular weight is 456 g/mol. The van der Waals surface area contributed by atoms with Crippen LogP contribution < -0.4 is 5.32 Å². The number of rotatable bonds is 5. The lowest BCUT2D eigenvalue weighted by Gasteiger charge is -2.36. The molecule has 1 aliphatic heterocycles. The second-order valence-electron chi connectivity index (χ2n) is 7.00. The van der Waals surface area contributed by atoms with Crippen molar-refractivity contribution < 1.29 is 13.2 Å². The molecule has 0 bridgehead atoms. The Bertz CT molecular complexity index is 1010. The van der Waals surface area contributed by atoms with Crippen LogP contribution in [-0.4, -0.2) is 55.8 Å². The van der Waals surface area contributed by atoms with Crippen molar-refractivity contribution in [3.63, 3.8) is 0 Å². The zero-order chi connectivity index (χ0) is 21.2. The van der Waals surface area contributed by atoms with Crippen molar-refractivity contribution in [1.82, 2.24) is 9.21 Å². The van der Waals surface area contributed by atoms with Gasteiger partial charge in [-0.2, -0.15) is 4.31 Å². The van der Waals surface area contributed by atoms with Gasteiger partial charge in [0.05, 0.1) is 21.0 Å². The fraction of sp³-hybridized carbons (Fsp3) is 0.350. The number of halogens is 2. The number of nitrogens with zero attached hydrogens (tertiary/aromatic N) is 2. The second-order valence-corrected chi connectivity index (χ2v) is 9.75. The number of sulfonamides is 1. The van der Waals surface area contributed by atoms with Gasteiger partial charge in [0, 0.05) is 31.9 Å². The third kappa shape index (κ3) is 4.92. The van der Waals surface area contributed by atoms with Gasteiger partial charge < -0.3 is 5.32 Å². The zero-order valence-electron chi connectivity index (χ0n) is 16.2. The van der Waals surface area contributed by atoms with Gasteiger partial charge in [-0.1, -0.05) is 41.4 Å². The van der Waals surface area contributed by atoms with Crippen LogP contribution in [0.3, 0.4) is 0 Å². The first-order valence-electron chi connectivity index (χ1n) is 9.26. The molecule has 1 heterocycles. The van der Waals surface area contributed by atoms with Crippen molar-refractivity contribution in [2.45, 2.75) is 24.8 Å². The quantitative estimate of drug-likeness (QED) is 0.746. The molecule has 0 unspecified atom stereocenters. The lowest BCUT2D eigenvalue weighted by Crippen LogP contribution is -2.53. The number of nitrogens with one attached hydrogen (secondary N) is 1. The lowest BCUT2D eigenvalue weighted by atomic mass is 10.2. The molecule has 1 N–H and O–H groups in total. The molecule has 156 valence electrons. The molecule has 2 aromatic rings. The van der Waals surface area contributed by atoms with Crippen molar-refractivity contribution in [1.29, 1.82) is 0 Å². The number of carbonyl (C=O) groups excluding carboxylic acids is 1. The van der Waals surface area contributed by atoms with Crippen LogP contribution in [0.15, 0.2) is 47.4 Å². The number of piperazine rings is 1. The summed E-state index contributed by atoms with van der Waals surface area (Å²) in [5.74, 6) is -0.111. The van der Waals surface area contributed by atoms with Gasteiger partial charge in [-0.15, -0.1) is 0 Å². The molecule has 0 aliphatic carbocycles. The number of para-hydroxylation sites is 1. The smallest absolute Gasteiger partial charge is 0.243 e. The molecule has 0 spiro atoms. The number of carbonyl (C=O) groups is 1. The monoisotopic (exact) mass is 455 g/mol. The summed E-state index contributed by atoms with van der Waals surface area (Å²) in [5.41, 5.74) is 1.77. The summed E-state index contributed by atoms with van der Waals surface area (Å²) in [5, 5.41) is 3.46. The SMILES string of the molecule is Cc1ccccc1NC(=O)[C@@H](C)N1CCN(S(=O)(=O)c2ccc(Cl)c(Cl)c2)CC1. The Balaban J connectivity index is 1.62. The Labute approximate surface area is 181 Å². The number of amides is 1. The number of aryl methyl sites for hydroxylation is 1. The summed E-state index contributed by atoms with van der Waals surface area (Å²) in [4.78, 5) is 14.7. The van der Waals surface area contributed by atoms with Crippen LogP contribution in [0.1, 0.15) is 12.5 Å². The third-order valence-electron chi connectivity index (χ3n) is 5.13. The molecular formula is C20H23Cl2N3O3S. The first-order valence-corrected chi connectivity index (χ1v) is 11.5. The maximum Gasteiger partial charge on any atom is 0.243 e. The fourth-order valence-corrected chi connectivity index (χ4v) is 5.05. The van der Waals surface area contributed by atoms with E-state index in [1.54, 1.807) is 0 Å². The molecule has 6 nitrogen and oxygen atoms in total. The predicted molar refractivity (Wildman–Crippen MR) is 116 cm³/mol. The standard InChI is InChI=1S/C20H23Cl2N3O3S/c1-14-5-3-4-6-19(14)23-20(26)15(2)24-9-11-25(12-10-24)29(27,28)16-7-8-17(21)18(22)13-16/h3-8,13,15H,9-12H2,1-2H3,(H,23,26)/t15-/m1/s1. The number of hydrogen-bond donors (Lipinski definition) is 1. The van der Waals surface area contributed by atoms with Crippen LogP contribution in [-0.2, 0) is 14.8 Å². The van der Waals surface area contributed by atoms with Gasteiger partial charge in [0.1, 0.15) is 0 Å². The molecule has 3 rings (SSSR count). The molecule has 2 aromatic carbocycles. The maximum atomic E-state index is 12.9. The summed E-state index contributed by atoms with van der Waals surface area (Å²) >= 11 is 11.9. The topological polar surface area (TPSA) is 69.7 Å². The Kier molecular flexibility index (Phi) is 6.86. The van der Waals surface area contributed by atoms with Crippen LogP contribution in [0, 0.1) is 6.92 Å². The number of anilines is 1. The van der Waals surface area contributed by atoms with Crippen molar-refractivity contribution in [2.24, 2.45) is 0 Å². The van der Waals surface area contributed by atoms with Crippen LogP contribution in [0.5, 0.6) is 0 Å². The van der Waals surface area contributed by atoms with Crippen LogP contribution in [0.2, 0.25) is 10.0 Å². The first-order chi connectivity index (χ1) is 13.7. The van der Waals surface area contributed by atoms with Gasteiger partial charge in [-0.3, -0.25) is 9.69 Å². The van der Waals surface area contributed by atoms with Gasteiger partial charge in [-0.25, -0.2) is 8.42 Å². The normalized spacial score (nSPS) is 17.1. The van der Waals surface area contributed by atoms with Crippen molar-refractivity contribution >= 4 is 44.8 Å². The summed E-state index contributed by atoms with van der Waals surface area (Å²) in [6.45, 7) is 5.28. The van der Waals surface area contributed by atoms with Gasteiger partial charge in [0.2, 0.25) is 15.9 Å². The minimum absolute atomic E-state index is 0.111. The predicted octanol–water partition coefficient (Wildman–Crippen LogP) is 3.64. The number of benzene rings is 2. The van der Waals surface area contributed by atoms with Gasteiger partial charge >= 0.3 is 0 Å². The van der Waals surface area contributed by atoms with E-state index in [4.69, 9.17) is 23.2 Å². The van der Waals surface area contributed by atoms with E-state index in [9.17, 15) is 13.2 Å². The minimum Gasteiger partial charge on any atom is -0.324 e. The molecule has 1 fully saturated rings. The maximum absolute atomic E-state index is 12.9. The Morgan fingerprint density at radius 2 is 1.69 bits per heavy atom. The van der Waals surface area contributed by atoms with E-state index in [2.05, 4.69) is 5.32 Å². The minimum atomic E-state index is -3.66. The van der Waals surface area contributed by atoms with E-state index in [1.807, 2.05) is 43.0 Å². The molecule has 0 aromatic heterocycles. The summed E-state index contributed by atoms with van der Waals surface area (Å²) in [7, 11) is -3.66. The molecule has 1 aliphatic rings. The Morgan fingerprint density at radius 1 is 1.03 bits per heavy atom. The number of hydrogen-bond acceptors (Lipinski definition) is 4. The van der Waals surface area contributed by atoms with Crippen LogP contribution >= 0.6 is 23.2 Å². The van der Waals surface area contributed by atoms with E-state index in [-0.39, 0.29) is 21.9 Å². The van der Waals surface area contributed by atoms with Crippen molar-refractivity contribution in [2.75, 3.05) is 31.5 Å². The van der Waals surface area contributed by atoms with Gasteiger partial charge in [-0.05, 0) is 43.7 Å². The summed E-state index contributed by atoms with van der Waals surface area (Å²) in [6.07, 6.45) is 0. The van der Waals surface area contributed by atoms with Crippen LogP contribution in [0.25, 0.3) is 0 Å². The molecule has 0 radical (unpaired) electrons. The van der Waals surface area contributed by atoms with Gasteiger partial charge in [0.15, 0.2) is 0 Å². The third-order valence-corrected chi connectivity index (χ3v) is 7.77. The van der Waals surface area contributed by atoms with Crippen molar-refractivity contribution in [3.8, 4) is 0 Å². The highest BCUT2D eigenvalue weighted by Gasteiger charge is 2.32. The Hall–Kier alpha value is -1.64. The highest BCUT2D eigenvalue weighted by atomic mass is 35.5. The second kappa shape index (κ2) is 9.02. The summed E-state index contributed by atoms with van der Waals surface area (Å²) in [6, 6.07) is 11.5. The molecule has 9 heteroatoms.